The van der Waals surface area contributed by atoms with Crippen molar-refractivity contribution in [1.82, 2.24) is 4.90 Å². The average molecular weight is 561 g/mol. The number of ether oxygens (including phenoxy) is 2. The van der Waals surface area contributed by atoms with E-state index in [1.165, 1.54) is 25.3 Å². The Hall–Kier alpha value is -3.76. The van der Waals surface area contributed by atoms with E-state index in [9.17, 15) is 4.79 Å². The quantitative estimate of drug-likeness (QED) is 0.338. The summed E-state index contributed by atoms with van der Waals surface area (Å²) in [5.74, 6) is 1.23. The molecule has 0 aromatic heterocycles. The van der Waals surface area contributed by atoms with E-state index in [-0.39, 0.29) is 17.2 Å². The number of thioether (sulfide) groups is 1. The molecule has 2 atom stereocenters. The van der Waals surface area contributed by atoms with Gasteiger partial charge in [-0.2, -0.15) is 0 Å². The number of anilines is 3. The van der Waals surface area contributed by atoms with Crippen LogP contribution in [0.5, 0.6) is 11.5 Å². The van der Waals surface area contributed by atoms with E-state index in [0.29, 0.717) is 35.4 Å². The molecular formula is C30H36N6O3S. The van der Waals surface area contributed by atoms with Crippen LogP contribution in [0.3, 0.4) is 0 Å². The van der Waals surface area contributed by atoms with Gasteiger partial charge in [0.2, 0.25) is 11.9 Å². The molecule has 5 rings (SSSR count). The SMILES string of the molecule is C=CC(=O)Nc1cc(NC2=NC(c3cccc(NC)c3)C3SC=CC3=N2)c(OC)cc1OCCN1CCCCC1. The van der Waals surface area contributed by atoms with Crippen molar-refractivity contribution in [3.63, 3.8) is 0 Å². The lowest BCUT2D eigenvalue weighted by molar-refractivity contribution is -0.111. The van der Waals surface area contributed by atoms with Crippen LogP contribution < -0.4 is 25.4 Å². The Balaban J connectivity index is 1.41. The molecule has 1 amide bonds. The summed E-state index contributed by atoms with van der Waals surface area (Å²) in [5, 5.41) is 11.6. The molecule has 0 radical (unpaired) electrons. The summed E-state index contributed by atoms with van der Waals surface area (Å²) in [6.07, 6.45) is 7.00. The van der Waals surface area contributed by atoms with Crippen molar-refractivity contribution < 1.29 is 14.3 Å². The number of guanidine groups is 1. The minimum atomic E-state index is -0.326. The van der Waals surface area contributed by atoms with Crippen LogP contribution in [0.4, 0.5) is 17.1 Å². The molecule has 1 fully saturated rings. The molecule has 2 unspecified atom stereocenters. The summed E-state index contributed by atoms with van der Waals surface area (Å²) in [7, 11) is 3.51. The summed E-state index contributed by atoms with van der Waals surface area (Å²) in [6.45, 7) is 7.11. The highest BCUT2D eigenvalue weighted by atomic mass is 32.2. The van der Waals surface area contributed by atoms with Crippen molar-refractivity contribution in [2.75, 3.05) is 56.3 Å². The molecule has 0 aliphatic carbocycles. The van der Waals surface area contributed by atoms with Crippen LogP contribution in [-0.2, 0) is 4.79 Å². The van der Waals surface area contributed by atoms with E-state index in [2.05, 4.69) is 45.0 Å². The first kappa shape index (κ1) is 27.8. The van der Waals surface area contributed by atoms with Gasteiger partial charge in [0, 0.05) is 25.3 Å². The number of hydrogen-bond acceptors (Lipinski definition) is 9. The van der Waals surface area contributed by atoms with Gasteiger partial charge in [-0.3, -0.25) is 9.69 Å². The van der Waals surface area contributed by atoms with Crippen LogP contribution >= 0.6 is 11.8 Å². The van der Waals surface area contributed by atoms with Crippen LogP contribution in [0.25, 0.3) is 0 Å². The Labute approximate surface area is 239 Å². The second kappa shape index (κ2) is 13.1. The van der Waals surface area contributed by atoms with Crippen molar-refractivity contribution in [3.8, 4) is 11.5 Å². The van der Waals surface area contributed by atoms with E-state index in [0.717, 1.165) is 36.6 Å². The number of carbonyl (C=O) groups is 1. The molecular weight excluding hydrogens is 524 g/mol. The predicted octanol–water partition coefficient (Wildman–Crippen LogP) is 5.32. The molecule has 2 aromatic rings. The number of nitrogens with zero attached hydrogens (tertiary/aromatic N) is 3. The number of likely N-dealkylation sites (tertiary alicyclic amines) is 1. The Kier molecular flexibility index (Phi) is 9.08. The summed E-state index contributed by atoms with van der Waals surface area (Å²) in [6, 6.07) is 11.7. The maximum absolute atomic E-state index is 12.3. The zero-order valence-electron chi connectivity index (χ0n) is 23.0. The standard InChI is InChI=1S/C30H36N6O3S/c1-4-27(37)32-24-18-23(25(38-3)19-26(24)39-15-14-36-12-6-5-7-13-36)34-30-33-22-11-16-40-29(22)28(35-30)20-9-8-10-21(17-20)31-2/h4,8-11,16-19,28-29,31H,1,5-7,12-15H2,2-3H3,(H,32,37)(H,34,35). The normalized spacial score (nSPS) is 20.1. The molecule has 3 N–H and O–H groups in total. The number of methoxy groups -OCH3 is 1. The van der Waals surface area contributed by atoms with Gasteiger partial charge in [-0.15, -0.1) is 11.8 Å². The molecule has 9 nitrogen and oxygen atoms in total. The van der Waals surface area contributed by atoms with Crippen LogP contribution in [-0.4, -0.2) is 68.1 Å². The first-order chi connectivity index (χ1) is 19.6. The third kappa shape index (κ3) is 6.51. The lowest BCUT2D eigenvalue weighted by Gasteiger charge is -2.27. The van der Waals surface area contributed by atoms with E-state index in [4.69, 9.17) is 19.5 Å². The lowest BCUT2D eigenvalue weighted by atomic mass is 9.99. The van der Waals surface area contributed by atoms with Gasteiger partial charge in [0.25, 0.3) is 0 Å². The minimum Gasteiger partial charge on any atom is -0.494 e. The number of benzene rings is 2. The molecule has 3 heterocycles. The summed E-state index contributed by atoms with van der Waals surface area (Å²) >= 11 is 1.72. The Morgan fingerprint density at radius 2 is 2.02 bits per heavy atom. The van der Waals surface area contributed by atoms with Crippen molar-refractivity contribution in [2.24, 2.45) is 9.98 Å². The Bertz CT molecular complexity index is 1330. The molecule has 3 aliphatic heterocycles. The number of allylic oxidation sites excluding steroid dienone is 1. The first-order valence-electron chi connectivity index (χ1n) is 13.6. The zero-order valence-corrected chi connectivity index (χ0v) is 23.8. The number of fused-ring (bicyclic) bond motifs is 1. The Morgan fingerprint density at radius 3 is 2.80 bits per heavy atom. The number of piperidine rings is 1. The summed E-state index contributed by atoms with van der Waals surface area (Å²) in [5.41, 5.74) is 4.22. The fourth-order valence-electron chi connectivity index (χ4n) is 5.05. The zero-order chi connectivity index (χ0) is 27.9. The molecule has 2 aromatic carbocycles. The number of rotatable bonds is 10. The molecule has 1 saturated heterocycles. The van der Waals surface area contributed by atoms with Gasteiger partial charge in [-0.1, -0.05) is 25.1 Å². The molecule has 40 heavy (non-hydrogen) atoms. The number of hydrogen-bond donors (Lipinski definition) is 3. The van der Waals surface area contributed by atoms with Gasteiger partial charge in [0.05, 0.1) is 35.5 Å². The van der Waals surface area contributed by atoms with Gasteiger partial charge >= 0.3 is 0 Å². The van der Waals surface area contributed by atoms with Crippen LogP contribution in [0.15, 0.2) is 70.5 Å². The molecule has 210 valence electrons. The largest absolute Gasteiger partial charge is 0.494 e. The van der Waals surface area contributed by atoms with Crippen molar-refractivity contribution in [2.45, 2.75) is 30.6 Å². The number of aliphatic imine (C=N–C) groups is 2. The second-order valence-electron chi connectivity index (χ2n) is 9.79. The van der Waals surface area contributed by atoms with E-state index >= 15 is 0 Å². The number of carbonyl (C=O) groups excluding carboxylic acids is 1. The summed E-state index contributed by atoms with van der Waals surface area (Å²) < 4.78 is 11.9. The fourth-order valence-corrected chi connectivity index (χ4v) is 6.08. The number of amides is 1. The predicted molar refractivity (Wildman–Crippen MR) is 165 cm³/mol. The highest BCUT2D eigenvalue weighted by molar-refractivity contribution is 8.04. The summed E-state index contributed by atoms with van der Waals surface area (Å²) in [4.78, 5) is 24.5. The van der Waals surface area contributed by atoms with E-state index in [1.807, 2.05) is 25.3 Å². The maximum atomic E-state index is 12.3. The van der Waals surface area contributed by atoms with Gasteiger partial charge in [-0.25, -0.2) is 9.98 Å². The topological polar surface area (TPSA) is 99.6 Å². The van der Waals surface area contributed by atoms with Crippen LogP contribution in [0.1, 0.15) is 30.9 Å². The molecule has 0 spiro atoms. The smallest absolute Gasteiger partial charge is 0.247 e. The highest BCUT2D eigenvalue weighted by Crippen LogP contribution is 2.41. The Morgan fingerprint density at radius 1 is 1.18 bits per heavy atom. The monoisotopic (exact) mass is 560 g/mol. The van der Waals surface area contributed by atoms with E-state index < -0.39 is 0 Å². The third-order valence-electron chi connectivity index (χ3n) is 7.16. The number of nitrogens with one attached hydrogen (secondary N) is 3. The van der Waals surface area contributed by atoms with Crippen molar-refractivity contribution in [3.05, 3.63) is 66.1 Å². The molecule has 0 saturated carbocycles. The van der Waals surface area contributed by atoms with Gasteiger partial charge in [-0.05, 0) is 67.3 Å². The van der Waals surface area contributed by atoms with Gasteiger partial charge in [0.15, 0.2) is 0 Å². The lowest BCUT2D eigenvalue weighted by Crippen LogP contribution is -2.33. The minimum absolute atomic E-state index is 0.109. The van der Waals surface area contributed by atoms with Crippen LogP contribution in [0.2, 0.25) is 0 Å². The molecule has 0 bridgehead atoms. The van der Waals surface area contributed by atoms with Crippen LogP contribution in [0, 0.1) is 0 Å². The van der Waals surface area contributed by atoms with Crippen molar-refractivity contribution >= 4 is 46.4 Å². The highest BCUT2D eigenvalue weighted by Gasteiger charge is 2.33. The fraction of sp³-hybridized carbons (Fsp3) is 0.367. The van der Waals surface area contributed by atoms with E-state index in [1.54, 1.807) is 31.0 Å². The maximum Gasteiger partial charge on any atom is 0.247 e. The molecule has 10 heteroatoms. The first-order valence-corrected chi connectivity index (χ1v) is 14.6. The third-order valence-corrected chi connectivity index (χ3v) is 8.25. The van der Waals surface area contributed by atoms with Gasteiger partial charge in [0.1, 0.15) is 18.1 Å². The van der Waals surface area contributed by atoms with Gasteiger partial charge < -0.3 is 25.4 Å². The second-order valence-corrected chi connectivity index (χ2v) is 10.8. The molecule has 3 aliphatic rings. The van der Waals surface area contributed by atoms with Crippen molar-refractivity contribution in [1.29, 1.82) is 0 Å². The average Bonchev–Trinajstić information content (AvgIpc) is 3.47.